The van der Waals surface area contributed by atoms with E-state index >= 15 is 0 Å². The summed E-state index contributed by atoms with van der Waals surface area (Å²) in [7, 11) is 2.16. The first-order valence-electron chi connectivity index (χ1n) is 5.69. The summed E-state index contributed by atoms with van der Waals surface area (Å²) in [5.41, 5.74) is 7.91. The van der Waals surface area contributed by atoms with Gasteiger partial charge in [0.1, 0.15) is 0 Å². The summed E-state index contributed by atoms with van der Waals surface area (Å²) in [6, 6.07) is 4.78. The molecule has 0 aromatic carbocycles. The van der Waals surface area contributed by atoms with Gasteiger partial charge in [0.15, 0.2) is 0 Å². The average Bonchev–Trinajstić information content (AvgIpc) is 2.81. The Morgan fingerprint density at radius 2 is 2.20 bits per heavy atom. The predicted molar refractivity (Wildman–Crippen MR) is 62.8 cm³/mol. The summed E-state index contributed by atoms with van der Waals surface area (Å²) in [5, 5.41) is 0. The van der Waals surface area contributed by atoms with E-state index in [-0.39, 0.29) is 0 Å². The zero-order valence-corrected chi connectivity index (χ0v) is 9.32. The van der Waals surface area contributed by atoms with Crippen LogP contribution >= 0.6 is 0 Å². The van der Waals surface area contributed by atoms with Gasteiger partial charge in [0.05, 0.1) is 11.4 Å². The quantitative estimate of drug-likeness (QED) is 0.819. The molecule has 1 saturated carbocycles. The smallest absolute Gasteiger partial charge is 0.0772 e. The van der Waals surface area contributed by atoms with Crippen molar-refractivity contribution in [2.45, 2.75) is 38.3 Å². The Bertz CT molecular complexity index is 318. The molecule has 1 aromatic heterocycles. The molecule has 0 saturated heterocycles. The minimum Gasteiger partial charge on any atom is -0.370 e. The van der Waals surface area contributed by atoms with Gasteiger partial charge in [-0.2, -0.15) is 0 Å². The SMILES string of the molecule is CN(c1cccnc1CN)C1CCCC1. The third-order valence-corrected chi connectivity index (χ3v) is 3.31. The number of nitrogens with zero attached hydrogens (tertiary/aromatic N) is 2. The van der Waals surface area contributed by atoms with Crippen LogP contribution in [0.1, 0.15) is 31.4 Å². The molecule has 0 unspecified atom stereocenters. The van der Waals surface area contributed by atoms with Crippen LogP contribution < -0.4 is 10.6 Å². The Hall–Kier alpha value is -1.09. The second-order valence-corrected chi connectivity index (χ2v) is 4.22. The molecule has 3 nitrogen and oxygen atoms in total. The van der Waals surface area contributed by atoms with Crippen molar-refractivity contribution in [2.75, 3.05) is 11.9 Å². The molecule has 0 bridgehead atoms. The summed E-state index contributed by atoms with van der Waals surface area (Å²) in [5.74, 6) is 0. The van der Waals surface area contributed by atoms with E-state index in [1.807, 2.05) is 12.3 Å². The molecule has 1 aliphatic rings. The van der Waals surface area contributed by atoms with Crippen molar-refractivity contribution < 1.29 is 0 Å². The van der Waals surface area contributed by atoms with Crippen molar-refractivity contribution in [3.8, 4) is 0 Å². The first kappa shape index (κ1) is 10.4. The van der Waals surface area contributed by atoms with Gasteiger partial charge in [-0.15, -0.1) is 0 Å². The lowest BCUT2D eigenvalue weighted by Gasteiger charge is -2.27. The Balaban J connectivity index is 2.19. The number of aromatic nitrogens is 1. The van der Waals surface area contributed by atoms with E-state index in [0.29, 0.717) is 12.6 Å². The molecule has 0 atom stereocenters. The van der Waals surface area contributed by atoms with Gasteiger partial charge < -0.3 is 10.6 Å². The maximum absolute atomic E-state index is 5.70. The predicted octanol–water partition coefficient (Wildman–Crippen LogP) is 1.92. The molecule has 1 aliphatic carbocycles. The minimum absolute atomic E-state index is 0.521. The zero-order valence-electron chi connectivity index (χ0n) is 9.32. The average molecular weight is 205 g/mol. The summed E-state index contributed by atoms with van der Waals surface area (Å²) in [4.78, 5) is 6.67. The highest BCUT2D eigenvalue weighted by atomic mass is 15.1. The van der Waals surface area contributed by atoms with Crippen LogP contribution in [0.2, 0.25) is 0 Å². The molecular formula is C12H19N3. The zero-order chi connectivity index (χ0) is 10.7. The highest BCUT2D eigenvalue weighted by Gasteiger charge is 2.21. The van der Waals surface area contributed by atoms with E-state index < -0.39 is 0 Å². The lowest BCUT2D eigenvalue weighted by Crippen LogP contribution is -2.30. The van der Waals surface area contributed by atoms with Gasteiger partial charge >= 0.3 is 0 Å². The van der Waals surface area contributed by atoms with Gasteiger partial charge in [0, 0.05) is 25.8 Å². The molecule has 0 amide bonds. The molecule has 15 heavy (non-hydrogen) atoms. The number of hydrogen-bond acceptors (Lipinski definition) is 3. The van der Waals surface area contributed by atoms with Crippen LogP contribution in [0.4, 0.5) is 5.69 Å². The van der Waals surface area contributed by atoms with Crippen LogP contribution in [-0.4, -0.2) is 18.1 Å². The molecule has 82 valence electrons. The molecule has 1 fully saturated rings. The van der Waals surface area contributed by atoms with Crippen LogP contribution in [-0.2, 0) is 6.54 Å². The first-order chi connectivity index (χ1) is 7.33. The topological polar surface area (TPSA) is 42.2 Å². The molecule has 1 aromatic rings. The Morgan fingerprint density at radius 1 is 1.47 bits per heavy atom. The molecule has 0 aliphatic heterocycles. The van der Waals surface area contributed by atoms with Gasteiger partial charge in [0.25, 0.3) is 0 Å². The molecule has 2 N–H and O–H groups in total. The van der Waals surface area contributed by atoms with Crippen LogP contribution in [0.25, 0.3) is 0 Å². The van der Waals surface area contributed by atoms with Crippen molar-refractivity contribution in [3.05, 3.63) is 24.0 Å². The first-order valence-corrected chi connectivity index (χ1v) is 5.69. The number of rotatable bonds is 3. The number of anilines is 1. The maximum Gasteiger partial charge on any atom is 0.0772 e. The Labute approximate surface area is 91.3 Å². The molecule has 0 radical (unpaired) electrons. The van der Waals surface area contributed by atoms with Gasteiger partial charge in [-0.25, -0.2) is 0 Å². The molecule has 3 heteroatoms. The highest BCUT2D eigenvalue weighted by molar-refractivity contribution is 5.50. The van der Waals surface area contributed by atoms with Crippen molar-refractivity contribution in [1.29, 1.82) is 0 Å². The number of nitrogens with two attached hydrogens (primary N) is 1. The van der Waals surface area contributed by atoms with E-state index in [4.69, 9.17) is 5.73 Å². The van der Waals surface area contributed by atoms with Crippen LogP contribution in [0.3, 0.4) is 0 Å². The largest absolute Gasteiger partial charge is 0.370 e. The normalized spacial score (nSPS) is 16.9. The van der Waals surface area contributed by atoms with Crippen molar-refractivity contribution in [2.24, 2.45) is 5.73 Å². The summed E-state index contributed by atoms with van der Waals surface area (Å²) >= 11 is 0. The van der Waals surface area contributed by atoms with E-state index in [9.17, 15) is 0 Å². The van der Waals surface area contributed by atoms with Crippen molar-refractivity contribution in [3.63, 3.8) is 0 Å². The van der Waals surface area contributed by atoms with E-state index in [1.54, 1.807) is 0 Å². The third-order valence-electron chi connectivity index (χ3n) is 3.31. The van der Waals surface area contributed by atoms with Gasteiger partial charge in [-0.3, -0.25) is 4.98 Å². The third kappa shape index (κ3) is 2.12. The van der Waals surface area contributed by atoms with E-state index in [1.165, 1.54) is 31.4 Å². The summed E-state index contributed by atoms with van der Waals surface area (Å²) in [6.45, 7) is 0.521. The molecular weight excluding hydrogens is 186 g/mol. The Morgan fingerprint density at radius 3 is 2.87 bits per heavy atom. The van der Waals surface area contributed by atoms with Gasteiger partial charge in [-0.05, 0) is 25.0 Å². The van der Waals surface area contributed by atoms with Crippen molar-refractivity contribution in [1.82, 2.24) is 4.98 Å². The monoisotopic (exact) mass is 205 g/mol. The fourth-order valence-electron chi connectivity index (χ4n) is 2.40. The summed E-state index contributed by atoms with van der Waals surface area (Å²) in [6.07, 6.45) is 7.12. The fourth-order valence-corrected chi connectivity index (χ4v) is 2.40. The van der Waals surface area contributed by atoms with Crippen LogP contribution in [0.5, 0.6) is 0 Å². The number of pyridine rings is 1. The van der Waals surface area contributed by atoms with Crippen LogP contribution in [0, 0.1) is 0 Å². The maximum atomic E-state index is 5.70. The second kappa shape index (κ2) is 4.62. The molecule has 0 spiro atoms. The lowest BCUT2D eigenvalue weighted by atomic mass is 10.2. The van der Waals surface area contributed by atoms with Gasteiger partial charge in [0.2, 0.25) is 0 Å². The molecule has 2 rings (SSSR count). The number of hydrogen-bond donors (Lipinski definition) is 1. The van der Waals surface area contributed by atoms with Gasteiger partial charge in [-0.1, -0.05) is 12.8 Å². The molecule has 1 heterocycles. The fraction of sp³-hybridized carbons (Fsp3) is 0.583. The highest BCUT2D eigenvalue weighted by Crippen LogP contribution is 2.28. The standard InChI is InChI=1S/C12H19N3/c1-15(10-5-2-3-6-10)12-7-4-8-14-11(12)9-13/h4,7-8,10H,2-3,5-6,9,13H2,1H3. The second-order valence-electron chi connectivity index (χ2n) is 4.22. The summed E-state index contributed by atoms with van der Waals surface area (Å²) < 4.78 is 0. The van der Waals surface area contributed by atoms with Crippen LogP contribution in [0.15, 0.2) is 18.3 Å². The van der Waals surface area contributed by atoms with E-state index in [2.05, 4.69) is 23.0 Å². The minimum atomic E-state index is 0.521. The van der Waals surface area contributed by atoms with Crippen molar-refractivity contribution >= 4 is 5.69 Å². The van der Waals surface area contributed by atoms with E-state index in [0.717, 1.165) is 5.69 Å². The Kier molecular flexibility index (Phi) is 3.21. The lowest BCUT2D eigenvalue weighted by molar-refractivity contribution is 0.649.